The van der Waals surface area contributed by atoms with Crippen molar-refractivity contribution in [2.75, 3.05) is 6.61 Å². The van der Waals surface area contributed by atoms with Gasteiger partial charge in [-0.2, -0.15) is 13.2 Å². The summed E-state index contributed by atoms with van der Waals surface area (Å²) in [6.45, 7) is 0.973. The minimum atomic E-state index is -4.11. The Kier molecular flexibility index (Phi) is 7.09. The van der Waals surface area contributed by atoms with Crippen LogP contribution in [0.15, 0.2) is 18.2 Å². The SMILES string of the molecule is O=C1CCC(N2Cc3cc(C[C@H]4OCCC[C@@H]4N[C@H]4CC[C@@H](C(F)(F)F)CC4)ccc3C2=O)C(=O)N1. The second-order valence-electron chi connectivity index (χ2n) is 10.5. The molecule has 0 aromatic heterocycles. The number of imide groups is 1. The van der Waals surface area contributed by atoms with Gasteiger partial charge in [-0.3, -0.25) is 19.7 Å². The van der Waals surface area contributed by atoms with Crippen LogP contribution in [0.2, 0.25) is 0 Å². The van der Waals surface area contributed by atoms with Crippen LogP contribution in [-0.4, -0.2) is 59.6 Å². The zero-order valence-electron chi connectivity index (χ0n) is 20.1. The van der Waals surface area contributed by atoms with Gasteiger partial charge in [0.1, 0.15) is 6.04 Å². The van der Waals surface area contributed by atoms with Crippen molar-refractivity contribution in [3.8, 4) is 0 Å². The molecule has 3 fully saturated rings. The molecular weight excluding hydrogens is 475 g/mol. The lowest BCUT2D eigenvalue weighted by molar-refractivity contribution is -0.183. The molecule has 10 heteroatoms. The number of nitrogens with zero attached hydrogens (tertiary/aromatic N) is 1. The third-order valence-electron chi connectivity index (χ3n) is 8.10. The maximum Gasteiger partial charge on any atom is 0.391 e. The zero-order chi connectivity index (χ0) is 25.4. The van der Waals surface area contributed by atoms with Gasteiger partial charge in [0.15, 0.2) is 0 Å². The monoisotopic (exact) mass is 507 g/mol. The van der Waals surface area contributed by atoms with Gasteiger partial charge in [-0.15, -0.1) is 0 Å². The number of fused-ring (bicyclic) bond motifs is 1. The van der Waals surface area contributed by atoms with Gasteiger partial charge in [0, 0.05) is 43.6 Å². The van der Waals surface area contributed by atoms with E-state index in [2.05, 4.69) is 10.6 Å². The molecule has 1 aromatic rings. The molecule has 3 aliphatic heterocycles. The van der Waals surface area contributed by atoms with Gasteiger partial charge in [0.2, 0.25) is 11.8 Å². The van der Waals surface area contributed by atoms with Crippen LogP contribution in [0.4, 0.5) is 13.2 Å². The van der Waals surface area contributed by atoms with Gasteiger partial charge < -0.3 is 15.0 Å². The maximum atomic E-state index is 13.0. The number of alkyl halides is 3. The van der Waals surface area contributed by atoms with E-state index in [0.717, 1.165) is 24.0 Å². The number of ether oxygens (including phenoxy) is 1. The molecule has 3 heterocycles. The van der Waals surface area contributed by atoms with E-state index in [-0.39, 0.29) is 49.3 Å². The summed E-state index contributed by atoms with van der Waals surface area (Å²) in [6.07, 6.45) is 0.166. The number of piperidine rings is 1. The Bertz CT molecular complexity index is 1020. The second kappa shape index (κ2) is 10.1. The Morgan fingerprint density at radius 2 is 1.83 bits per heavy atom. The van der Waals surface area contributed by atoms with Crippen LogP contribution in [0.25, 0.3) is 0 Å². The number of carbonyl (C=O) groups excluding carboxylic acids is 3. The molecule has 1 unspecified atom stereocenters. The third-order valence-corrected chi connectivity index (χ3v) is 8.10. The average molecular weight is 508 g/mol. The number of hydrogen-bond acceptors (Lipinski definition) is 5. The predicted octanol–water partition coefficient (Wildman–Crippen LogP) is 3.25. The number of halogens is 3. The molecule has 36 heavy (non-hydrogen) atoms. The van der Waals surface area contributed by atoms with E-state index < -0.39 is 24.0 Å². The van der Waals surface area contributed by atoms with Crippen molar-refractivity contribution in [2.45, 2.75) is 94.7 Å². The summed E-state index contributed by atoms with van der Waals surface area (Å²) >= 11 is 0. The van der Waals surface area contributed by atoms with Crippen molar-refractivity contribution < 1.29 is 32.3 Å². The van der Waals surface area contributed by atoms with Crippen LogP contribution in [0.5, 0.6) is 0 Å². The normalized spacial score (nSPS) is 31.4. The van der Waals surface area contributed by atoms with Crippen LogP contribution in [-0.2, 0) is 27.3 Å². The van der Waals surface area contributed by atoms with Crippen molar-refractivity contribution in [3.05, 3.63) is 34.9 Å². The van der Waals surface area contributed by atoms with E-state index in [1.807, 2.05) is 12.1 Å². The smallest absolute Gasteiger partial charge is 0.376 e. The van der Waals surface area contributed by atoms with Crippen molar-refractivity contribution in [2.24, 2.45) is 5.92 Å². The van der Waals surface area contributed by atoms with Gasteiger partial charge in [-0.25, -0.2) is 0 Å². The molecule has 5 rings (SSSR count). The highest BCUT2D eigenvalue weighted by molar-refractivity contribution is 6.05. The van der Waals surface area contributed by atoms with Crippen LogP contribution in [0.3, 0.4) is 0 Å². The minimum absolute atomic E-state index is 0.0671. The van der Waals surface area contributed by atoms with Crippen LogP contribution < -0.4 is 10.6 Å². The lowest BCUT2D eigenvalue weighted by Crippen LogP contribution is -2.52. The van der Waals surface area contributed by atoms with Crippen LogP contribution in [0.1, 0.15) is 72.9 Å². The van der Waals surface area contributed by atoms with Crippen molar-refractivity contribution in [3.63, 3.8) is 0 Å². The summed E-state index contributed by atoms with van der Waals surface area (Å²) < 4.78 is 45.1. The summed E-state index contributed by atoms with van der Waals surface area (Å²) in [7, 11) is 0. The maximum absolute atomic E-state index is 13.0. The summed E-state index contributed by atoms with van der Waals surface area (Å²) in [5.41, 5.74) is 2.45. The zero-order valence-corrected chi connectivity index (χ0v) is 20.1. The lowest BCUT2D eigenvalue weighted by atomic mass is 9.84. The van der Waals surface area contributed by atoms with Gasteiger partial charge in [-0.1, -0.05) is 12.1 Å². The molecule has 1 saturated carbocycles. The first-order chi connectivity index (χ1) is 17.2. The summed E-state index contributed by atoms with van der Waals surface area (Å²) in [5.74, 6) is -2.13. The molecule has 1 aliphatic carbocycles. The molecule has 3 amide bonds. The average Bonchev–Trinajstić information content (AvgIpc) is 3.15. The number of hydrogen-bond donors (Lipinski definition) is 2. The number of carbonyl (C=O) groups is 3. The molecule has 2 saturated heterocycles. The Hall–Kier alpha value is -2.46. The first-order valence-electron chi connectivity index (χ1n) is 12.9. The fraction of sp³-hybridized carbons (Fsp3) is 0.654. The predicted molar refractivity (Wildman–Crippen MR) is 124 cm³/mol. The topological polar surface area (TPSA) is 87.7 Å². The molecule has 1 aromatic carbocycles. The molecular formula is C26H32F3N3O4. The largest absolute Gasteiger partial charge is 0.391 e. The van der Waals surface area contributed by atoms with E-state index in [1.165, 1.54) is 4.90 Å². The summed E-state index contributed by atoms with van der Waals surface area (Å²) in [6, 6.07) is 5.19. The lowest BCUT2D eigenvalue weighted by Gasteiger charge is -2.38. The van der Waals surface area contributed by atoms with E-state index in [9.17, 15) is 27.6 Å². The van der Waals surface area contributed by atoms with Crippen molar-refractivity contribution in [1.82, 2.24) is 15.5 Å². The molecule has 7 nitrogen and oxygen atoms in total. The van der Waals surface area contributed by atoms with E-state index in [4.69, 9.17) is 4.74 Å². The van der Waals surface area contributed by atoms with E-state index in [1.54, 1.807) is 6.07 Å². The van der Waals surface area contributed by atoms with Gasteiger partial charge in [0.25, 0.3) is 5.91 Å². The highest BCUT2D eigenvalue weighted by Gasteiger charge is 2.42. The number of rotatable bonds is 5. The fourth-order valence-electron chi connectivity index (χ4n) is 6.11. The molecule has 3 atom stereocenters. The Labute approximate surface area is 208 Å². The Morgan fingerprint density at radius 1 is 1.06 bits per heavy atom. The first kappa shape index (κ1) is 25.2. The van der Waals surface area contributed by atoms with Crippen molar-refractivity contribution in [1.29, 1.82) is 0 Å². The third kappa shape index (κ3) is 5.29. The second-order valence-corrected chi connectivity index (χ2v) is 10.5. The van der Waals surface area contributed by atoms with Crippen LogP contribution in [0, 0.1) is 5.92 Å². The first-order valence-corrected chi connectivity index (χ1v) is 12.9. The summed E-state index contributed by atoms with van der Waals surface area (Å²) in [4.78, 5) is 38.2. The molecule has 4 aliphatic rings. The summed E-state index contributed by atoms with van der Waals surface area (Å²) in [5, 5.41) is 5.91. The standard InChI is InChI=1S/C26H32F3N3O4/c27-26(28,29)17-4-6-18(7-5-17)30-20-2-1-11-36-22(20)13-15-3-8-19-16(12-15)14-32(25(19)35)21-9-10-23(33)31-24(21)34/h3,8,12,17-18,20-22,30H,1-2,4-7,9-11,13-14H2,(H,31,33,34)/t17-,18+,20-,21?,22+/m0/s1. The quantitative estimate of drug-likeness (QED) is 0.598. The minimum Gasteiger partial charge on any atom is -0.376 e. The number of benzene rings is 1. The van der Waals surface area contributed by atoms with E-state index >= 15 is 0 Å². The Morgan fingerprint density at radius 3 is 2.56 bits per heavy atom. The number of nitrogens with one attached hydrogen (secondary N) is 2. The highest BCUT2D eigenvalue weighted by Crippen LogP contribution is 2.38. The fourth-order valence-corrected chi connectivity index (χ4v) is 6.11. The highest BCUT2D eigenvalue weighted by atomic mass is 19.4. The van der Waals surface area contributed by atoms with Gasteiger partial charge in [0.05, 0.1) is 12.0 Å². The Balaban J connectivity index is 1.21. The molecule has 0 spiro atoms. The number of amides is 3. The van der Waals surface area contributed by atoms with E-state index in [0.29, 0.717) is 44.4 Å². The van der Waals surface area contributed by atoms with Gasteiger partial charge >= 0.3 is 6.18 Å². The molecule has 196 valence electrons. The van der Waals surface area contributed by atoms with Crippen molar-refractivity contribution >= 4 is 17.7 Å². The molecule has 2 N–H and O–H groups in total. The van der Waals surface area contributed by atoms with Crippen LogP contribution >= 0.6 is 0 Å². The molecule has 0 radical (unpaired) electrons. The molecule has 0 bridgehead atoms. The van der Waals surface area contributed by atoms with Gasteiger partial charge in [-0.05, 0) is 62.1 Å².